The first-order valence-corrected chi connectivity index (χ1v) is 9.30. The van der Waals surface area contributed by atoms with Gasteiger partial charge in [0.05, 0.1) is 30.0 Å². The third-order valence-electron chi connectivity index (χ3n) is 4.86. The van der Waals surface area contributed by atoms with Crippen LogP contribution in [0.25, 0.3) is 10.9 Å². The Morgan fingerprint density at radius 2 is 2.04 bits per heavy atom. The van der Waals surface area contributed by atoms with Crippen LogP contribution in [0.15, 0.2) is 36.7 Å². The van der Waals surface area contributed by atoms with Gasteiger partial charge in [-0.05, 0) is 65.3 Å². The molecular weight excluding hydrogens is 456 g/mol. The second kappa shape index (κ2) is 6.49. The number of benzene rings is 1. The molecule has 136 valence electrons. The van der Waals surface area contributed by atoms with Gasteiger partial charge in [0.1, 0.15) is 0 Å². The van der Waals surface area contributed by atoms with E-state index in [0.29, 0.717) is 12.1 Å². The molecule has 0 saturated carbocycles. The van der Waals surface area contributed by atoms with Crippen molar-refractivity contribution in [2.75, 3.05) is 6.54 Å². The minimum atomic E-state index is -4.27. The Morgan fingerprint density at radius 3 is 2.73 bits per heavy atom. The van der Waals surface area contributed by atoms with Crippen molar-refractivity contribution in [1.29, 1.82) is 0 Å². The summed E-state index contributed by atoms with van der Waals surface area (Å²) in [5.41, 5.74) is 3.45. The second-order valence-electron chi connectivity index (χ2n) is 6.61. The maximum Gasteiger partial charge on any atom is 0.401 e. The van der Waals surface area contributed by atoms with Gasteiger partial charge in [-0.3, -0.25) is 15.0 Å². The van der Waals surface area contributed by atoms with Crippen LogP contribution < -0.4 is 0 Å². The van der Waals surface area contributed by atoms with Gasteiger partial charge in [0.15, 0.2) is 0 Å². The predicted octanol–water partition coefficient (Wildman–Crippen LogP) is 4.46. The maximum absolute atomic E-state index is 13.3. The molecule has 1 aliphatic rings. The number of hydrogen-bond donors (Lipinski definition) is 1. The summed E-state index contributed by atoms with van der Waals surface area (Å²) in [5, 5.41) is 7.99. The zero-order valence-corrected chi connectivity index (χ0v) is 16.0. The van der Waals surface area contributed by atoms with Gasteiger partial charge >= 0.3 is 6.18 Å². The molecule has 0 fully saturated rings. The van der Waals surface area contributed by atoms with Crippen LogP contribution in [-0.4, -0.2) is 38.8 Å². The molecule has 1 N–H and O–H groups in total. The van der Waals surface area contributed by atoms with Gasteiger partial charge in [-0.1, -0.05) is 6.07 Å². The Bertz CT molecular complexity index is 936. The van der Waals surface area contributed by atoms with E-state index >= 15 is 0 Å². The molecule has 0 bridgehead atoms. The molecule has 2 atom stereocenters. The van der Waals surface area contributed by atoms with Crippen molar-refractivity contribution in [2.45, 2.75) is 31.6 Å². The van der Waals surface area contributed by atoms with Crippen molar-refractivity contribution in [2.24, 2.45) is 0 Å². The van der Waals surface area contributed by atoms with Crippen molar-refractivity contribution in [3.05, 3.63) is 57.1 Å². The molecule has 8 heteroatoms. The number of alkyl halides is 3. The van der Waals surface area contributed by atoms with E-state index in [1.165, 1.54) is 4.90 Å². The van der Waals surface area contributed by atoms with Crippen molar-refractivity contribution in [3.63, 3.8) is 0 Å². The van der Waals surface area contributed by atoms with Gasteiger partial charge in [-0.15, -0.1) is 0 Å². The smallest absolute Gasteiger partial charge is 0.279 e. The Balaban J connectivity index is 1.89. The van der Waals surface area contributed by atoms with Crippen LogP contribution in [0, 0.1) is 3.57 Å². The zero-order valence-electron chi connectivity index (χ0n) is 13.9. The van der Waals surface area contributed by atoms with Crippen LogP contribution in [0.4, 0.5) is 13.2 Å². The van der Waals surface area contributed by atoms with Gasteiger partial charge in [-0.2, -0.15) is 18.3 Å². The highest BCUT2D eigenvalue weighted by Gasteiger charge is 2.41. The number of pyridine rings is 1. The average Bonchev–Trinajstić information content (AvgIpc) is 3.05. The monoisotopic (exact) mass is 472 g/mol. The fraction of sp³-hybridized carbons (Fsp3) is 0.333. The SMILES string of the molecule is C[C@@H]1Cc2c(ccc3[nH]ncc23)[C@@H](c2ccc(I)cn2)N1CC(F)(F)F. The van der Waals surface area contributed by atoms with Crippen LogP contribution in [0.1, 0.15) is 29.8 Å². The van der Waals surface area contributed by atoms with Crippen LogP contribution in [0.5, 0.6) is 0 Å². The van der Waals surface area contributed by atoms with Crippen molar-refractivity contribution in [1.82, 2.24) is 20.1 Å². The number of aromatic nitrogens is 3. The summed E-state index contributed by atoms with van der Waals surface area (Å²) in [5.74, 6) is 0. The number of nitrogens with one attached hydrogen (secondary N) is 1. The molecule has 0 amide bonds. The first-order chi connectivity index (χ1) is 12.3. The molecule has 0 radical (unpaired) electrons. The quantitative estimate of drug-likeness (QED) is 0.561. The van der Waals surface area contributed by atoms with Crippen LogP contribution >= 0.6 is 22.6 Å². The molecule has 2 aromatic heterocycles. The molecule has 4 nitrogen and oxygen atoms in total. The van der Waals surface area contributed by atoms with Crippen LogP contribution in [0.2, 0.25) is 0 Å². The topological polar surface area (TPSA) is 44.8 Å². The Hall–Kier alpha value is -1.68. The molecule has 4 rings (SSSR count). The summed E-state index contributed by atoms with van der Waals surface area (Å²) in [6.07, 6.45) is -0.286. The number of H-pyrrole nitrogens is 1. The van der Waals surface area contributed by atoms with E-state index in [-0.39, 0.29) is 6.04 Å². The van der Waals surface area contributed by atoms with Gasteiger partial charge in [0.2, 0.25) is 0 Å². The fourth-order valence-electron chi connectivity index (χ4n) is 3.76. The summed E-state index contributed by atoms with van der Waals surface area (Å²) in [7, 11) is 0. The summed E-state index contributed by atoms with van der Waals surface area (Å²) in [6, 6.07) is 6.67. The number of fused-ring (bicyclic) bond motifs is 3. The second-order valence-corrected chi connectivity index (χ2v) is 7.85. The Kier molecular flexibility index (Phi) is 4.42. The minimum Gasteiger partial charge on any atom is -0.279 e. The third kappa shape index (κ3) is 3.20. The molecular formula is C18H16F3IN4. The van der Waals surface area contributed by atoms with E-state index in [1.807, 2.05) is 31.2 Å². The van der Waals surface area contributed by atoms with E-state index in [2.05, 4.69) is 37.8 Å². The fourth-order valence-corrected chi connectivity index (χ4v) is 4.07. The minimum absolute atomic E-state index is 0.268. The van der Waals surface area contributed by atoms with Gasteiger partial charge in [0, 0.05) is 21.2 Å². The summed E-state index contributed by atoms with van der Waals surface area (Å²) in [4.78, 5) is 5.95. The highest BCUT2D eigenvalue weighted by atomic mass is 127. The van der Waals surface area contributed by atoms with Crippen LogP contribution in [0.3, 0.4) is 0 Å². The summed E-state index contributed by atoms with van der Waals surface area (Å²) in [6.45, 7) is 0.878. The van der Waals surface area contributed by atoms with Crippen molar-refractivity contribution < 1.29 is 13.2 Å². The predicted molar refractivity (Wildman–Crippen MR) is 101 cm³/mol. The molecule has 0 aliphatic carbocycles. The van der Waals surface area contributed by atoms with Crippen molar-refractivity contribution >= 4 is 33.5 Å². The van der Waals surface area contributed by atoms with Gasteiger partial charge < -0.3 is 0 Å². The van der Waals surface area contributed by atoms with Crippen LogP contribution in [-0.2, 0) is 6.42 Å². The number of halogens is 4. The highest BCUT2D eigenvalue weighted by molar-refractivity contribution is 14.1. The van der Waals surface area contributed by atoms with Gasteiger partial charge in [0.25, 0.3) is 0 Å². The number of hydrogen-bond acceptors (Lipinski definition) is 3. The van der Waals surface area contributed by atoms with Crippen molar-refractivity contribution in [3.8, 4) is 0 Å². The molecule has 1 aromatic carbocycles. The number of rotatable bonds is 2. The lowest BCUT2D eigenvalue weighted by atomic mass is 9.85. The Morgan fingerprint density at radius 1 is 1.23 bits per heavy atom. The van der Waals surface area contributed by atoms with E-state index in [4.69, 9.17) is 0 Å². The number of nitrogens with zero attached hydrogens (tertiary/aromatic N) is 3. The third-order valence-corrected chi connectivity index (χ3v) is 5.49. The van der Waals surface area contributed by atoms with E-state index in [1.54, 1.807) is 12.4 Å². The molecule has 26 heavy (non-hydrogen) atoms. The largest absolute Gasteiger partial charge is 0.401 e. The summed E-state index contributed by atoms with van der Waals surface area (Å²) >= 11 is 2.14. The molecule has 1 aliphatic heterocycles. The molecule has 3 heterocycles. The molecule has 3 aromatic rings. The molecule has 0 saturated heterocycles. The summed E-state index contributed by atoms with van der Waals surface area (Å²) < 4.78 is 40.8. The highest BCUT2D eigenvalue weighted by Crippen LogP contribution is 2.41. The maximum atomic E-state index is 13.3. The lowest BCUT2D eigenvalue weighted by Crippen LogP contribution is -2.47. The number of aromatic amines is 1. The normalized spacial score (nSPS) is 21.1. The van der Waals surface area contributed by atoms with E-state index < -0.39 is 18.8 Å². The lowest BCUT2D eigenvalue weighted by Gasteiger charge is -2.42. The first kappa shape index (κ1) is 17.7. The Labute approximate surface area is 161 Å². The molecule has 0 unspecified atom stereocenters. The first-order valence-electron chi connectivity index (χ1n) is 8.22. The molecule has 0 spiro atoms. The average molecular weight is 472 g/mol. The standard InChI is InChI=1S/C18H16F3IN4/c1-10-6-13-12(3-5-15-14(13)8-24-25-15)17(26(10)9-18(19,20)21)16-4-2-11(22)7-23-16/h2-5,7-8,10,17H,6,9H2,1H3,(H,24,25)/t10-,17+/m1/s1. The van der Waals surface area contributed by atoms with E-state index in [9.17, 15) is 13.2 Å². The van der Waals surface area contributed by atoms with Gasteiger partial charge in [-0.25, -0.2) is 0 Å². The lowest BCUT2D eigenvalue weighted by molar-refractivity contribution is -0.155. The van der Waals surface area contributed by atoms with E-state index in [0.717, 1.165) is 25.6 Å². The zero-order chi connectivity index (χ0) is 18.5.